The number of aliphatic hydroxyl groups is 7. The van der Waals surface area contributed by atoms with Crippen LogP contribution in [0.3, 0.4) is 0 Å². The molecule has 0 unspecified atom stereocenters. The highest BCUT2D eigenvalue weighted by Crippen LogP contribution is 2.29. The van der Waals surface area contributed by atoms with Gasteiger partial charge >= 0.3 is 5.97 Å². The van der Waals surface area contributed by atoms with Gasteiger partial charge in [0.15, 0.2) is 11.9 Å². The van der Waals surface area contributed by atoms with E-state index in [2.05, 4.69) is 4.74 Å². The summed E-state index contributed by atoms with van der Waals surface area (Å²) in [5.41, 5.74) is 0. The Morgan fingerprint density at radius 3 is 2.35 bits per heavy atom. The van der Waals surface area contributed by atoms with E-state index in [4.69, 9.17) is 19.7 Å². The van der Waals surface area contributed by atoms with Crippen molar-refractivity contribution < 1.29 is 54.8 Å². The average Bonchev–Trinajstić information content (AvgIpc) is 2.82. The molecule has 0 spiro atoms. The molecule has 0 radical (unpaired) electrons. The van der Waals surface area contributed by atoms with Gasteiger partial charge in [0.05, 0.1) is 13.2 Å². The molecule has 1 fully saturated rings. The predicted molar refractivity (Wildman–Crippen MR) is 67.5 cm³/mol. The van der Waals surface area contributed by atoms with Gasteiger partial charge in [0.1, 0.15) is 30.5 Å². The fraction of sp³-hybridized carbons (Fsp3) is 0.750. The molecule has 7 atom stereocenters. The SMILES string of the molecule is O=C1O[C@H]([C@@H](O)CO)C(O)=C1O[C@@H]1O[C@H](CO)[C@@H](O)[C@H](O)[C@H]1O. The number of cyclic esters (lactones) is 1. The third kappa shape index (κ3) is 3.26. The highest BCUT2D eigenvalue weighted by Gasteiger charge is 2.48. The maximum atomic E-state index is 11.6. The number of aliphatic hydroxyl groups excluding tert-OH is 7. The monoisotopic (exact) mass is 338 g/mol. The molecule has 0 bridgehead atoms. The highest BCUT2D eigenvalue weighted by atomic mass is 16.7. The average molecular weight is 338 g/mol. The van der Waals surface area contributed by atoms with Crippen molar-refractivity contribution in [1.82, 2.24) is 0 Å². The van der Waals surface area contributed by atoms with Crippen LogP contribution in [0.25, 0.3) is 0 Å². The molecule has 2 rings (SSSR count). The van der Waals surface area contributed by atoms with E-state index in [9.17, 15) is 30.3 Å². The number of carbonyl (C=O) groups excluding carboxylic acids is 1. The van der Waals surface area contributed by atoms with E-state index in [1.165, 1.54) is 0 Å². The Balaban J connectivity index is 2.16. The van der Waals surface area contributed by atoms with Crippen LogP contribution in [-0.2, 0) is 19.0 Å². The lowest BCUT2D eigenvalue weighted by Gasteiger charge is -2.39. The van der Waals surface area contributed by atoms with Crippen molar-refractivity contribution in [1.29, 1.82) is 0 Å². The van der Waals surface area contributed by atoms with Gasteiger partial charge in [-0.25, -0.2) is 4.79 Å². The van der Waals surface area contributed by atoms with Crippen molar-refractivity contribution >= 4 is 5.97 Å². The zero-order chi connectivity index (χ0) is 17.3. The zero-order valence-corrected chi connectivity index (χ0v) is 11.7. The van der Waals surface area contributed by atoms with Crippen LogP contribution in [0, 0.1) is 0 Å². The molecule has 2 aliphatic heterocycles. The molecule has 11 heteroatoms. The molecule has 11 nitrogen and oxygen atoms in total. The van der Waals surface area contributed by atoms with Gasteiger partial charge in [-0.1, -0.05) is 0 Å². The predicted octanol–water partition coefficient (Wildman–Crippen LogP) is -4.15. The summed E-state index contributed by atoms with van der Waals surface area (Å²) in [5.74, 6) is -2.79. The number of ether oxygens (including phenoxy) is 3. The van der Waals surface area contributed by atoms with E-state index in [-0.39, 0.29) is 0 Å². The molecular weight excluding hydrogens is 320 g/mol. The summed E-state index contributed by atoms with van der Waals surface area (Å²) in [7, 11) is 0. The maximum Gasteiger partial charge on any atom is 0.378 e. The van der Waals surface area contributed by atoms with E-state index >= 15 is 0 Å². The van der Waals surface area contributed by atoms with Gasteiger partial charge < -0.3 is 50.0 Å². The van der Waals surface area contributed by atoms with Crippen molar-refractivity contribution in [3.63, 3.8) is 0 Å². The van der Waals surface area contributed by atoms with E-state index in [1.807, 2.05) is 0 Å². The molecule has 0 aromatic rings. The van der Waals surface area contributed by atoms with Crippen LogP contribution < -0.4 is 0 Å². The Hall–Kier alpha value is -1.47. The van der Waals surface area contributed by atoms with Crippen LogP contribution in [-0.4, -0.2) is 97.8 Å². The number of esters is 1. The number of hydrogen-bond acceptors (Lipinski definition) is 11. The summed E-state index contributed by atoms with van der Waals surface area (Å²) in [6.07, 6.45) is -11.2. The van der Waals surface area contributed by atoms with Crippen molar-refractivity contribution in [2.45, 2.75) is 42.9 Å². The van der Waals surface area contributed by atoms with Crippen molar-refractivity contribution in [2.75, 3.05) is 13.2 Å². The third-order valence-electron chi connectivity index (χ3n) is 3.54. The van der Waals surface area contributed by atoms with Crippen LogP contribution in [0.1, 0.15) is 0 Å². The first-order valence-electron chi connectivity index (χ1n) is 6.72. The molecule has 0 aromatic heterocycles. The largest absolute Gasteiger partial charge is 0.505 e. The molecule has 0 saturated carbocycles. The fourth-order valence-electron chi connectivity index (χ4n) is 2.20. The minimum Gasteiger partial charge on any atom is -0.505 e. The van der Waals surface area contributed by atoms with Gasteiger partial charge in [0, 0.05) is 0 Å². The second-order valence-corrected chi connectivity index (χ2v) is 5.11. The fourth-order valence-corrected chi connectivity index (χ4v) is 2.20. The summed E-state index contributed by atoms with van der Waals surface area (Å²) >= 11 is 0. The first-order valence-corrected chi connectivity index (χ1v) is 6.72. The van der Waals surface area contributed by atoms with E-state index in [0.717, 1.165) is 0 Å². The first-order chi connectivity index (χ1) is 10.8. The van der Waals surface area contributed by atoms with Crippen molar-refractivity contribution in [3.05, 3.63) is 11.5 Å². The lowest BCUT2D eigenvalue weighted by Crippen LogP contribution is -2.59. The van der Waals surface area contributed by atoms with Crippen LogP contribution in [0.5, 0.6) is 0 Å². The number of rotatable bonds is 5. The van der Waals surface area contributed by atoms with E-state index in [0.29, 0.717) is 0 Å². The van der Waals surface area contributed by atoms with Crippen molar-refractivity contribution in [2.24, 2.45) is 0 Å². The quantitative estimate of drug-likeness (QED) is 0.241. The topological polar surface area (TPSA) is 186 Å². The van der Waals surface area contributed by atoms with Gasteiger partial charge in [-0.3, -0.25) is 0 Å². The molecule has 132 valence electrons. The first kappa shape index (κ1) is 17.9. The van der Waals surface area contributed by atoms with Crippen molar-refractivity contribution in [3.8, 4) is 0 Å². The zero-order valence-electron chi connectivity index (χ0n) is 11.7. The van der Waals surface area contributed by atoms with Crippen LogP contribution >= 0.6 is 0 Å². The minimum atomic E-state index is -1.79. The van der Waals surface area contributed by atoms with Gasteiger partial charge in [-0.15, -0.1) is 0 Å². The molecule has 0 aliphatic carbocycles. The second-order valence-electron chi connectivity index (χ2n) is 5.11. The van der Waals surface area contributed by atoms with Crippen LogP contribution in [0.15, 0.2) is 11.5 Å². The number of carbonyl (C=O) groups is 1. The Labute approximate surface area is 129 Å². The summed E-state index contributed by atoms with van der Waals surface area (Å²) < 4.78 is 14.6. The Morgan fingerprint density at radius 2 is 1.78 bits per heavy atom. The Bertz CT molecular complexity index is 476. The summed E-state index contributed by atoms with van der Waals surface area (Å²) in [6, 6.07) is 0. The molecule has 0 amide bonds. The Morgan fingerprint density at radius 1 is 1.13 bits per heavy atom. The summed E-state index contributed by atoms with van der Waals surface area (Å²) in [4.78, 5) is 11.6. The summed E-state index contributed by atoms with van der Waals surface area (Å²) in [5, 5.41) is 66.1. The molecule has 1 saturated heterocycles. The minimum absolute atomic E-state index is 0.702. The molecule has 0 aromatic carbocycles. The standard InChI is InChI=1S/C12H18O11/c13-1-3(15)9-8(19)10(11(20)22-9)23-12-7(18)6(17)5(16)4(2-14)21-12/h3-7,9,12-19H,1-2H2/t3-,4+,5+,6-,7+,9+,12-/m0/s1. The summed E-state index contributed by atoms with van der Waals surface area (Å²) in [6.45, 7) is -1.50. The number of hydrogen-bond donors (Lipinski definition) is 7. The lowest BCUT2D eigenvalue weighted by atomic mass is 9.99. The van der Waals surface area contributed by atoms with Gasteiger partial charge in [0.25, 0.3) is 0 Å². The molecule has 2 aliphatic rings. The molecule has 7 N–H and O–H groups in total. The maximum absolute atomic E-state index is 11.6. The third-order valence-corrected chi connectivity index (χ3v) is 3.54. The van der Waals surface area contributed by atoms with E-state index < -0.39 is 73.6 Å². The lowest BCUT2D eigenvalue weighted by molar-refractivity contribution is -0.291. The van der Waals surface area contributed by atoms with Gasteiger partial charge in [-0.2, -0.15) is 0 Å². The molecule has 23 heavy (non-hydrogen) atoms. The molecular formula is C12H18O11. The van der Waals surface area contributed by atoms with Crippen LogP contribution in [0.4, 0.5) is 0 Å². The molecule has 2 heterocycles. The van der Waals surface area contributed by atoms with Crippen LogP contribution in [0.2, 0.25) is 0 Å². The Kier molecular flexibility index (Phi) is 5.41. The normalized spacial score (nSPS) is 39.3. The van der Waals surface area contributed by atoms with Gasteiger partial charge in [0.2, 0.25) is 12.0 Å². The van der Waals surface area contributed by atoms with E-state index in [1.54, 1.807) is 0 Å². The highest BCUT2D eigenvalue weighted by molar-refractivity contribution is 5.89. The smallest absolute Gasteiger partial charge is 0.378 e. The second kappa shape index (κ2) is 6.97. The van der Waals surface area contributed by atoms with Gasteiger partial charge in [-0.05, 0) is 0 Å².